The number of carbonyl (C=O) groups excluding carboxylic acids is 1. The molecule has 0 aromatic heterocycles. The molecule has 0 aliphatic carbocycles. The van der Waals surface area contributed by atoms with E-state index >= 15 is 0 Å². The molecule has 1 atom stereocenters. The Morgan fingerprint density at radius 1 is 1.47 bits per heavy atom. The average molecular weight is 235 g/mol. The molecule has 92 valence electrons. The van der Waals surface area contributed by atoms with Crippen LogP contribution in [0.5, 0.6) is 0 Å². The van der Waals surface area contributed by atoms with Crippen molar-refractivity contribution in [2.75, 3.05) is 18.5 Å². The first kappa shape index (κ1) is 11.9. The molecule has 1 unspecified atom stereocenters. The largest absolute Gasteiger partial charge is 0.391 e. The SMILES string of the molecule is NNc1ccccc1C(=O)N1CCCC(O)C1. The lowest BCUT2D eigenvalue weighted by Gasteiger charge is -2.30. The molecule has 0 spiro atoms. The standard InChI is InChI=1S/C12H17N3O2/c13-14-11-6-2-1-5-10(11)12(17)15-7-3-4-9(16)8-15/h1-2,5-6,9,14,16H,3-4,7-8,13H2. The van der Waals surface area contributed by atoms with Gasteiger partial charge in [0.05, 0.1) is 17.4 Å². The number of β-amino-alcohol motifs (C(OH)–C–C–N with tert-alkyl or cyclic N) is 1. The van der Waals surface area contributed by atoms with Gasteiger partial charge in [0.1, 0.15) is 0 Å². The van der Waals surface area contributed by atoms with E-state index in [0.29, 0.717) is 24.3 Å². The normalized spacial score (nSPS) is 20.1. The number of hydrazine groups is 1. The smallest absolute Gasteiger partial charge is 0.256 e. The first-order valence-corrected chi connectivity index (χ1v) is 5.75. The van der Waals surface area contributed by atoms with E-state index in [1.807, 2.05) is 6.07 Å². The summed E-state index contributed by atoms with van der Waals surface area (Å²) in [6.45, 7) is 1.09. The Morgan fingerprint density at radius 3 is 2.94 bits per heavy atom. The van der Waals surface area contributed by atoms with Crippen molar-refractivity contribution in [1.29, 1.82) is 0 Å². The number of anilines is 1. The third kappa shape index (κ3) is 2.57. The number of nitrogens with two attached hydrogens (primary N) is 1. The second-order valence-corrected chi connectivity index (χ2v) is 4.24. The molecular formula is C12H17N3O2. The molecule has 2 rings (SSSR count). The fourth-order valence-electron chi connectivity index (χ4n) is 2.11. The van der Waals surface area contributed by atoms with Gasteiger partial charge < -0.3 is 15.4 Å². The second-order valence-electron chi connectivity index (χ2n) is 4.24. The van der Waals surface area contributed by atoms with E-state index in [0.717, 1.165) is 12.8 Å². The van der Waals surface area contributed by atoms with Crippen LogP contribution in [-0.2, 0) is 0 Å². The summed E-state index contributed by atoms with van der Waals surface area (Å²) in [4.78, 5) is 13.9. The number of nitrogen functional groups attached to an aromatic ring is 1. The number of nitrogens with one attached hydrogen (secondary N) is 1. The third-order valence-electron chi connectivity index (χ3n) is 3.00. The van der Waals surface area contributed by atoms with E-state index in [1.54, 1.807) is 23.1 Å². The van der Waals surface area contributed by atoms with Crippen LogP contribution in [0, 0.1) is 0 Å². The lowest BCUT2D eigenvalue weighted by Crippen LogP contribution is -2.42. The van der Waals surface area contributed by atoms with E-state index < -0.39 is 6.10 Å². The predicted molar refractivity (Wildman–Crippen MR) is 65.4 cm³/mol. The van der Waals surface area contributed by atoms with Crippen LogP contribution in [0.2, 0.25) is 0 Å². The van der Waals surface area contributed by atoms with E-state index in [1.165, 1.54) is 0 Å². The molecule has 1 heterocycles. The van der Waals surface area contributed by atoms with Crippen molar-refractivity contribution in [3.8, 4) is 0 Å². The zero-order valence-corrected chi connectivity index (χ0v) is 9.60. The number of aliphatic hydroxyl groups is 1. The molecule has 5 heteroatoms. The number of rotatable bonds is 2. The van der Waals surface area contributed by atoms with Gasteiger partial charge in [-0.2, -0.15) is 0 Å². The molecule has 5 nitrogen and oxygen atoms in total. The molecule has 1 saturated heterocycles. The maximum Gasteiger partial charge on any atom is 0.256 e. The van der Waals surface area contributed by atoms with Gasteiger partial charge in [-0.15, -0.1) is 0 Å². The van der Waals surface area contributed by atoms with Crippen molar-refractivity contribution >= 4 is 11.6 Å². The first-order chi connectivity index (χ1) is 8.22. The fraction of sp³-hybridized carbons (Fsp3) is 0.417. The molecular weight excluding hydrogens is 218 g/mol. The molecule has 1 amide bonds. The summed E-state index contributed by atoms with van der Waals surface area (Å²) >= 11 is 0. The number of hydrogen-bond acceptors (Lipinski definition) is 4. The molecule has 4 N–H and O–H groups in total. The average Bonchev–Trinajstić information content (AvgIpc) is 2.38. The van der Waals surface area contributed by atoms with Crippen LogP contribution in [0.3, 0.4) is 0 Å². The third-order valence-corrected chi connectivity index (χ3v) is 3.00. The minimum Gasteiger partial charge on any atom is -0.391 e. The summed E-state index contributed by atoms with van der Waals surface area (Å²) in [5.74, 6) is 5.29. The minimum atomic E-state index is -0.411. The monoisotopic (exact) mass is 235 g/mol. The van der Waals surface area contributed by atoms with Crippen LogP contribution in [0.15, 0.2) is 24.3 Å². The zero-order valence-electron chi connectivity index (χ0n) is 9.60. The maximum absolute atomic E-state index is 12.2. The van der Waals surface area contributed by atoms with Gasteiger partial charge in [0.15, 0.2) is 0 Å². The Bertz CT molecular complexity index is 408. The van der Waals surface area contributed by atoms with Crippen LogP contribution < -0.4 is 11.3 Å². The van der Waals surface area contributed by atoms with Gasteiger partial charge in [-0.05, 0) is 25.0 Å². The zero-order chi connectivity index (χ0) is 12.3. The quantitative estimate of drug-likeness (QED) is 0.517. The lowest BCUT2D eigenvalue weighted by atomic mass is 10.1. The summed E-state index contributed by atoms with van der Waals surface area (Å²) in [6, 6.07) is 7.11. The fourth-order valence-corrected chi connectivity index (χ4v) is 2.11. The molecule has 1 aromatic rings. The van der Waals surface area contributed by atoms with Gasteiger partial charge in [0.25, 0.3) is 5.91 Å². The number of likely N-dealkylation sites (tertiary alicyclic amines) is 1. The summed E-state index contributed by atoms with van der Waals surface area (Å²) in [6.07, 6.45) is 1.19. The Hall–Kier alpha value is -1.59. The number of piperidine rings is 1. The second kappa shape index (κ2) is 5.16. The van der Waals surface area contributed by atoms with Crippen molar-refractivity contribution in [2.45, 2.75) is 18.9 Å². The number of hydrogen-bond donors (Lipinski definition) is 3. The molecule has 0 radical (unpaired) electrons. The van der Waals surface area contributed by atoms with Gasteiger partial charge in [-0.3, -0.25) is 10.6 Å². The van der Waals surface area contributed by atoms with Gasteiger partial charge in [-0.25, -0.2) is 0 Å². The number of para-hydroxylation sites is 1. The molecule has 0 saturated carbocycles. The van der Waals surface area contributed by atoms with E-state index in [2.05, 4.69) is 5.43 Å². The molecule has 0 bridgehead atoms. The van der Waals surface area contributed by atoms with Gasteiger partial charge in [0.2, 0.25) is 0 Å². The highest BCUT2D eigenvalue weighted by Gasteiger charge is 2.24. The van der Waals surface area contributed by atoms with Crippen LogP contribution in [0.4, 0.5) is 5.69 Å². The van der Waals surface area contributed by atoms with Crippen LogP contribution in [0.1, 0.15) is 23.2 Å². The van der Waals surface area contributed by atoms with E-state index in [4.69, 9.17) is 5.84 Å². The van der Waals surface area contributed by atoms with Crippen molar-refractivity contribution in [3.63, 3.8) is 0 Å². The van der Waals surface area contributed by atoms with Crippen molar-refractivity contribution < 1.29 is 9.90 Å². The summed E-state index contributed by atoms with van der Waals surface area (Å²) in [5.41, 5.74) is 3.67. The molecule has 1 aromatic carbocycles. The van der Waals surface area contributed by atoms with Crippen LogP contribution in [-0.4, -0.2) is 35.1 Å². The van der Waals surface area contributed by atoms with Gasteiger partial charge in [-0.1, -0.05) is 12.1 Å². The van der Waals surface area contributed by atoms with Gasteiger partial charge >= 0.3 is 0 Å². The van der Waals surface area contributed by atoms with Crippen molar-refractivity contribution in [1.82, 2.24) is 4.90 Å². The molecule has 1 aliphatic rings. The molecule has 1 aliphatic heterocycles. The predicted octanol–water partition coefficient (Wildman–Crippen LogP) is 0.569. The van der Waals surface area contributed by atoms with Crippen LogP contribution >= 0.6 is 0 Å². The minimum absolute atomic E-state index is 0.0858. The highest BCUT2D eigenvalue weighted by Crippen LogP contribution is 2.19. The number of amides is 1. The Balaban J connectivity index is 2.18. The highest BCUT2D eigenvalue weighted by atomic mass is 16.3. The Kier molecular flexibility index (Phi) is 3.61. The molecule has 1 fully saturated rings. The highest BCUT2D eigenvalue weighted by molar-refractivity contribution is 5.99. The van der Waals surface area contributed by atoms with Crippen molar-refractivity contribution in [3.05, 3.63) is 29.8 Å². The number of carbonyl (C=O) groups is 1. The maximum atomic E-state index is 12.2. The summed E-state index contributed by atoms with van der Waals surface area (Å²) in [7, 11) is 0. The number of nitrogens with zero attached hydrogens (tertiary/aromatic N) is 1. The van der Waals surface area contributed by atoms with Gasteiger partial charge in [0, 0.05) is 13.1 Å². The number of aliphatic hydroxyl groups excluding tert-OH is 1. The Morgan fingerprint density at radius 2 is 2.24 bits per heavy atom. The van der Waals surface area contributed by atoms with Crippen LogP contribution in [0.25, 0.3) is 0 Å². The number of benzene rings is 1. The molecule has 17 heavy (non-hydrogen) atoms. The first-order valence-electron chi connectivity index (χ1n) is 5.75. The van der Waals surface area contributed by atoms with E-state index in [9.17, 15) is 9.90 Å². The summed E-state index contributed by atoms with van der Waals surface area (Å²) < 4.78 is 0. The van der Waals surface area contributed by atoms with Crippen molar-refractivity contribution in [2.24, 2.45) is 5.84 Å². The Labute approximate surface area is 100 Å². The topological polar surface area (TPSA) is 78.6 Å². The summed E-state index contributed by atoms with van der Waals surface area (Å²) in [5, 5.41) is 9.57. The lowest BCUT2D eigenvalue weighted by molar-refractivity contribution is 0.0474. The van der Waals surface area contributed by atoms with E-state index in [-0.39, 0.29) is 5.91 Å².